The summed E-state index contributed by atoms with van der Waals surface area (Å²) in [5.74, 6) is 0. The molecule has 0 bridgehead atoms. The summed E-state index contributed by atoms with van der Waals surface area (Å²) >= 11 is 0. The van der Waals surface area contributed by atoms with Gasteiger partial charge in [-0.1, -0.05) is 131 Å². The molecule has 0 aliphatic rings. The normalized spacial score (nSPS) is 11.3. The summed E-state index contributed by atoms with van der Waals surface area (Å²) in [5, 5.41) is 2.24. The molecule has 0 saturated carbocycles. The molecule has 10 rings (SSSR count). The minimum absolute atomic E-state index is 0.894. The van der Waals surface area contributed by atoms with Crippen LogP contribution in [-0.2, 0) is 0 Å². The van der Waals surface area contributed by atoms with Crippen molar-refractivity contribution in [1.82, 2.24) is 0 Å². The van der Waals surface area contributed by atoms with Crippen LogP contribution >= 0.6 is 0 Å². The van der Waals surface area contributed by atoms with E-state index in [0.717, 1.165) is 89.4 Å². The van der Waals surface area contributed by atoms with Crippen LogP contribution in [0.3, 0.4) is 0 Å². The highest BCUT2D eigenvalue weighted by Gasteiger charge is 2.18. The van der Waals surface area contributed by atoms with Crippen LogP contribution in [0, 0.1) is 27.7 Å². The van der Waals surface area contributed by atoms with Gasteiger partial charge in [-0.15, -0.1) is 0 Å². The van der Waals surface area contributed by atoms with Crippen molar-refractivity contribution in [2.75, 3.05) is 9.80 Å². The van der Waals surface area contributed by atoms with Gasteiger partial charge < -0.3 is 14.2 Å². The summed E-state index contributed by atoms with van der Waals surface area (Å²) in [6.07, 6.45) is 0. The first-order valence-electron chi connectivity index (χ1n) is 21.0. The van der Waals surface area contributed by atoms with Crippen LogP contribution in [0.5, 0.6) is 0 Å². The third kappa shape index (κ3) is 7.47. The van der Waals surface area contributed by atoms with Gasteiger partial charge in [0.15, 0.2) is 0 Å². The molecule has 1 heterocycles. The Bertz CT molecular complexity index is 2880. The van der Waals surface area contributed by atoms with Gasteiger partial charge in [-0.3, -0.25) is 0 Å². The van der Waals surface area contributed by atoms with Gasteiger partial charge in [0.1, 0.15) is 11.2 Å². The van der Waals surface area contributed by atoms with E-state index < -0.39 is 0 Å². The SMILES string of the molecule is Cc1ccc(N(c2ccc(C)cc2)c2ccc(-c3cc(-c4ccc(N(c5ccc(C)cc5)c5ccc(C)cc5)cc4)cc(-c4cccc5c4oc4ccccc45)c3)cc2)cc1. The van der Waals surface area contributed by atoms with E-state index in [9.17, 15) is 0 Å². The van der Waals surface area contributed by atoms with E-state index in [1.165, 1.54) is 22.3 Å². The summed E-state index contributed by atoms with van der Waals surface area (Å²) in [5.41, 5.74) is 20.1. The Morgan fingerprint density at radius 2 is 0.639 bits per heavy atom. The van der Waals surface area contributed by atoms with E-state index in [0.29, 0.717) is 0 Å². The van der Waals surface area contributed by atoms with Crippen molar-refractivity contribution >= 4 is 56.1 Å². The third-order valence-electron chi connectivity index (χ3n) is 11.7. The molecule has 61 heavy (non-hydrogen) atoms. The van der Waals surface area contributed by atoms with Crippen molar-refractivity contribution in [1.29, 1.82) is 0 Å². The summed E-state index contributed by atoms with van der Waals surface area (Å²) in [6.45, 7) is 8.52. The van der Waals surface area contributed by atoms with E-state index in [-0.39, 0.29) is 0 Å². The second-order valence-corrected chi connectivity index (χ2v) is 16.2. The van der Waals surface area contributed by atoms with Gasteiger partial charge in [0.05, 0.1) is 0 Å². The van der Waals surface area contributed by atoms with Crippen molar-refractivity contribution in [3.63, 3.8) is 0 Å². The van der Waals surface area contributed by atoms with Crippen molar-refractivity contribution in [3.05, 3.63) is 229 Å². The van der Waals surface area contributed by atoms with Crippen LogP contribution in [0.15, 0.2) is 211 Å². The predicted molar refractivity (Wildman–Crippen MR) is 258 cm³/mol. The van der Waals surface area contributed by atoms with Gasteiger partial charge in [-0.25, -0.2) is 0 Å². The summed E-state index contributed by atoms with van der Waals surface area (Å²) in [7, 11) is 0. The van der Waals surface area contributed by atoms with Gasteiger partial charge in [0.2, 0.25) is 0 Å². The van der Waals surface area contributed by atoms with Gasteiger partial charge in [-0.05, 0) is 153 Å². The van der Waals surface area contributed by atoms with Crippen molar-refractivity contribution < 1.29 is 4.42 Å². The molecule has 0 atom stereocenters. The summed E-state index contributed by atoms with van der Waals surface area (Å²) in [6, 6.07) is 74.7. The lowest BCUT2D eigenvalue weighted by molar-refractivity contribution is 0.670. The lowest BCUT2D eigenvalue weighted by atomic mass is 9.92. The topological polar surface area (TPSA) is 19.6 Å². The molecule has 0 amide bonds. The molecule has 0 saturated heterocycles. The molecule has 3 nitrogen and oxygen atoms in total. The van der Waals surface area contributed by atoms with Crippen molar-refractivity contribution in [3.8, 4) is 33.4 Å². The van der Waals surface area contributed by atoms with E-state index in [2.05, 4.69) is 238 Å². The Morgan fingerprint density at radius 1 is 0.295 bits per heavy atom. The zero-order chi connectivity index (χ0) is 41.5. The smallest absolute Gasteiger partial charge is 0.143 e. The van der Waals surface area contributed by atoms with Crippen LogP contribution in [0.4, 0.5) is 34.1 Å². The maximum absolute atomic E-state index is 6.60. The summed E-state index contributed by atoms with van der Waals surface area (Å²) < 4.78 is 6.60. The fourth-order valence-electron chi connectivity index (χ4n) is 8.37. The fourth-order valence-corrected chi connectivity index (χ4v) is 8.37. The largest absolute Gasteiger partial charge is 0.455 e. The van der Waals surface area contributed by atoms with Crippen LogP contribution in [0.1, 0.15) is 22.3 Å². The maximum Gasteiger partial charge on any atom is 0.143 e. The Labute approximate surface area is 358 Å². The third-order valence-corrected chi connectivity index (χ3v) is 11.7. The molecule has 0 aliphatic heterocycles. The molecule has 0 N–H and O–H groups in total. The Morgan fingerprint density at radius 3 is 1.05 bits per heavy atom. The number of rotatable bonds is 9. The second-order valence-electron chi connectivity index (χ2n) is 16.2. The van der Waals surface area contributed by atoms with Gasteiger partial charge in [0, 0.05) is 50.5 Å². The van der Waals surface area contributed by atoms with E-state index in [4.69, 9.17) is 4.42 Å². The molecule has 9 aromatic carbocycles. The number of anilines is 6. The molecule has 294 valence electrons. The highest BCUT2D eigenvalue weighted by Crippen LogP contribution is 2.42. The molecule has 3 heteroatoms. The van der Waals surface area contributed by atoms with Crippen LogP contribution in [0.25, 0.3) is 55.3 Å². The van der Waals surface area contributed by atoms with Crippen LogP contribution in [-0.4, -0.2) is 0 Å². The predicted octanol–water partition coefficient (Wildman–Crippen LogP) is 16.8. The molecule has 1 aromatic heterocycles. The number of aryl methyl sites for hydroxylation is 4. The Balaban J connectivity index is 1.09. The monoisotopic (exact) mass is 786 g/mol. The average Bonchev–Trinajstić information content (AvgIpc) is 3.69. The van der Waals surface area contributed by atoms with Gasteiger partial charge >= 0.3 is 0 Å². The number of para-hydroxylation sites is 2. The van der Waals surface area contributed by atoms with Crippen molar-refractivity contribution in [2.45, 2.75) is 27.7 Å². The minimum atomic E-state index is 0.894. The quantitative estimate of drug-likeness (QED) is 0.145. The zero-order valence-electron chi connectivity index (χ0n) is 34.9. The molecule has 10 aromatic rings. The number of fused-ring (bicyclic) bond motifs is 3. The molecular weight excluding hydrogens is 741 g/mol. The fraction of sp³-hybridized carbons (Fsp3) is 0.0690. The number of nitrogens with zero attached hydrogens (tertiary/aromatic N) is 2. The number of furan rings is 1. The lowest BCUT2D eigenvalue weighted by Crippen LogP contribution is -2.09. The maximum atomic E-state index is 6.60. The zero-order valence-corrected chi connectivity index (χ0v) is 34.9. The second kappa shape index (κ2) is 15.9. The number of benzene rings is 9. The lowest BCUT2D eigenvalue weighted by Gasteiger charge is -2.26. The Hall–Kier alpha value is -7.62. The molecule has 0 spiro atoms. The van der Waals surface area contributed by atoms with Crippen LogP contribution in [0.2, 0.25) is 0 Å². The van der Waals surface area contributed by atoms with E-state index >= 15 is 0 Å². The average molecular weight is 787 g/mol. The number of hydrogen-bond acceptors (Lipinski definition) is 3. The van der Waals surface area contributed by atoms with Gasteiger partial charge in [0.25, 0.3) is 0 Å². The molecule has 0 aliphatic carbocycles. The first-order valence-corrected chi connectivity index (χ1v) is 21.0. The molecule has 0 radical (unpaired) electrons. The molecule has 0 unspecified atom stereocenters. The standard InChI is InChI=1S/C58H46N2O/c1-39-12-24-48(25-13-39)59(49-26-14-40(2)15-27-49)52-32-20-43(21-33-52)45-36-46(38-47(37-45)54-9-7-10-56-55-8-5-6-11-57(55)61-58(54)56)44-22-34-53(35-23-44)60(50-28-16-41(3)17-29-50)51-30-18-42(4)19-31-51/h5-38H,1-4H3. The minimum Gasteiger partial charge on any atom is -0.455 e. The van der Waals surface area contributed by atoms with E-state index in [1.54, 1.807) is 0 Å². The first kappa shape index (κ1) is 37.6. The first-order chi connectivity index (χ1) is 29.8. The van der Waals surface area contributed by atoms with Crippen LogP contribution < -0.4 is 9.80 Å². The summed E-state index contributed by atoms with van der Waals surface area (Å²) in [4.78, 5) is 4.65. The van der Waals surface area contributed by atoms with Gasteiger partial charge in [-0.2, -0.15) is 0 Å². The number of hydrogen-bond donors (Lipinski definition) is 0. The highest BCUT2D eigenvalue weighted by molar-refractivity contribution is 6.10. The molecular formula is C58H46N2O. The Kier molecular flexibility index (Phi) is 9.78. The highest BCUT2D eigenvalue weighted by atomic mass is 16.3. The van der Waals surface area contributed by atoms with Crippen molar-refractivity contribution in [2.24, 2.45) is 0 Å². The molecule has 0 fully saturated rings. The van der Waals surface area contributed by atoms with E-state index in [1.807, 2.05) is 6.07 Å².